The van der Waals surface area contributed by atoms with Crippen LogP contribution in [0, 0.1) is 6.92 Å². The lowest BCUT2D eigenvalue weighted by atomic mass is 10.2. The molecule has 3 rings (SSSR count). The fraction of sp³-hybridized carbons (Fsp3) is 0.500. The molecule has 0 saturated heterocycles. The second kappa shape index (κ2) is 11.9. The number of furan rings is 1. The molecule has 0 saturated carbocycles. The van der Waals surface area contributed by atoms with Crippen LogP contribution in [0.1, 0.15) is 57.1 Å². The molecule has 0 aliphatic heterocycles. The number of hydrogen-bond donors (Lipinski definition) is 2. The van der Waals surface area contributed by atoms with E-state index < -0.39 is 0 Å². The Morgan fingerprint density at radius 1 is 1.29 bits per heavy atom. The van der Waals surface area contributed by atoms with E-state index in [1.165, 1.54) is 0 Å². The van der Waals surface area contributed by atoms with Crippen LogP contribution in [0.2, 0.25) is 0 Å². The maximum atomic E-state index is 6.13. The highest BCUT2D eigenvalue weighted by atomic mass is 127. The van der Waals surface area contributed by atoms with E-state index >= 15 is 0 Å². The van der Waals surface area contributed by atoms with Crippen molar-refractivity contribution in [2.45, 2.75) is 53.1 Å². The lowest BCUT2D eigenvalue weighted by molar-refractivity contribution is 0.336. The number of para-hydroxylation sites is 1. The number of rotatable bonds is 9. The highest BCUT2D eigenvalue weighted by molar-refractivity contribution is 14.0. The first-order valence-corrected chi connectivity index (χ1v) is 10.6. The van der Waals surface area contributed by atoms with Crippen LogP contribution in [0.15, 0.2) is 33.7 Å². The van der Waals surface area contributed by atoms with Gasteiger partial charge in [-0.1, -0.05) is 25.5 Å². The van der Waals surface area contributed by atoms with Gasteiger partial charge in [-0.25, -0.2) is 4.99 Å². The van der Waals surface area contributed by atoms with E-state index in [4.69, 9.17) is 14.1 Å². The molecule has 0 aliphatic rings. The average Bonchev–Trinajstić information content (AvgIpc) is 3.31. The number of nitrogens with zero attached hydrogens (tertiary/aromatic N) is 4. The van der Waals surface area contributed by atoms with Crippen molar-refractivity contribution >= 4 is 40.9 Å². The number of nitrogens with one attached hydrogen (secondary N) is 2. The van der Waals surface area contributed by atoms with E-state index in [2.05, 4.69) is 34.7 Å². The Kier molecular flexibility index (Phi) is 9.60. The topological polar surface area (TPSA) is 89.5 Å². The fourth-order valence-corrected chi connectivity index (χ4v) is 3.09. The quantitative estimate of drug-likeness (QED) is 0.180. The normalized spacial score (nSPS) is 12.5. The lowest BCUT2D eigenvalue weighted by Gasteiger charge is -2.16. The molecule has 0 amide bonds. The number of fused-ring (bicyclic) bond motifs is 1. The van der Waals surface area contributed by atoms with Gasteiger partial charge in [0.15, 0.2) is 23.1 Å². The Hall–Kier alpha value is -2.30. The molecule has 1 unspecified atom stereocenters. The number of unbranched alkanes of at least 4 members (excludes halogenated alkanes) is 1. The van der Waals surface area contributed by atoms with Crippen molar-refractivity contribution in [3.8, 4) is 5.75 Å². The number of halogens is 1. The summed E-state index contributed by atoms with van der Waals surface area (Å²) in [4.78, 5) is 4.71. The van der Waals surface area contributed by atoms with Gasteiger partial charge in [-0.15, -0.1) is 34.2 Å². The fourth-order valence-electron chi connectivity index (χ4n) is 3.09. The number of hydrogen-bond acceptors (Lipinski definition) is 5. The van der Waals surface area contributed by atoms with Gasteiger partial charge in [0, 0.05) is 19.0 Å². The van der Waals surface area contributed by atoms with E-state index in [1.807, 2.05) is 49.7 Å². The Morgan fingerprint density at radius 2 is 2.10 bits per heavy atom. The van der Waals surface area contributed by atoms with Crippen LogP contribution in [0.25, 0.3) is 11.0 Å². The largest absolute Gasteiger partial charge is 0.490 e. The number of benzene rings is 1. The van der Waals surface area contributed by atoms with Crippen LogP contribution in [-0.4, -0.2) is 33.9 Å². The molecule has 9 heteroatoms. The molecule has 1 atom stereocenters. The average molecular weight is 540 g/mol. The first-order chi connectivity index (χ1) is 14.5. The maximum Gasteiger partial charge on any atom is 0.192 e. The van der Waals surface area contributed by atoms with Gasteiger partial charge in [0.2, 0.25) is 0 Å². The van der Waals surface area contributed by atoms with Crippen LogP contribution >= 0.6 is 24.0 Å². The standard InChI is InChI=1S/C22H32N6O2.HI/c1-6-8-12-23-22(24-14-20-27-26-16(4)28(20)5)25-15(3)19-13-17-10-9-11-18(29-7-2)21(17)30-19;/h9-11,13,15H,6-8,12,14H2,1-5H3,(H2,23,24,25);1H. The predicted octanol–water partition coefficient (Wildman–Crippen LogP) is 4.48. The van der Waals surface area contributed by atoms with Gasteiger partial charge in [-0.2, -0.15) is 0 Å². The molecular formula is C22H33IN6O2. The van der Waals surface area contributed by atoms with Gasteiger partial charge < -0.3 is 24.4 Å². The van der Waals surface area contributed by atoms with Crippen molar-refractivity contribution < 1.29 is 9.15 Å². The molecule has 3 aromatic rings. The molecule has 0 bridgehead atoms. The summed E-state index contributed by atoms with van der Waals surface area (Å²) in [6.07, 6.45) is 2.18. The molecule has 0 aliphatic carbocycles. The Balaban J connectivity index is 0.00000341. The third-order valence-electron chi connectivity index (χ3n) is 4.99. The van der Waals surface area contributed by atoms with Crippen molar-refractivity contribution in [3.05, 3.63) is 41.7 Å². The van der Waals surface area contributed by atoms with Crippen molar-refractivity contribution in [2.75, 3.05) is 13.2 Å². The molecule has 170 valence electrons. The first kappa shape index (κ1) is 25.0. The van der Waals surface area contributed by atoms with Gasteiger partial charge in [-0.05, 0) is 39.3 Å². The predicted molar refractivity (Wildman–Crippen MR) is 134 cm³/mol. The molecule has 2 heterocycles. The second-order valence-corrected chi connectivity index (χ2v) is 7.29. The highest BCUT2D eigenvalue weighted by Gasteiger charge is 2.16. The zero-order valence-electron chi connectivity index (χ0n) is 18.9. The minimum atomic E-state index is -0.0685. The Labute approximate surface area is 200 Å². The zero-order chi connectivity index (χ0) is 21.5. The molecule has 2 aromatic heterocycles. The zero-order valence-corrected chi connectivity index (χ0v) is 21.3. The summed E-state index contributed by atoms with van der Waals surface area (Å²) in [6.45, 7) is 10.0. The minimum Gasteiger partial charge on any atom is -0.490 e. The van der Waals surface area contributed by atoms with Crippen LogP contribution in [0.5, 0.6) is 5.75 Å². The van der Waals surface area contributed by atoms with E-state index in [1.54, 1.807) is 0 Å². The van der Waals surface area contributed by atoms with Crippen molar-refractivity contribution in [3.63, 3.8) is 0 Å². The highest BCUT2D eigenvalue weighted by Crippen LogP contribution is 2.31. The summed E-state index contributed by atoms with van der Waals surface area (Å²) in [6, 6.07) is 7.92. The molecule has 8 nitrogen and oxygen atoms in total. The Bertz CT molecular complexity index is 997. The maximum absolute atomic E-state index is 6.13. The first-order valence-electron chi connectivity index (χ1n) is 10.6. The SMILES string of the molecule is CCCCNC(=NCc1nnc(C)n1C)NC(C)c1cc2cccc(OCC)c2o1.I. The molecule has 1 aromatic carbocycles. The Morgan fingerprint density at radius 3 is 2.77 bits per heavy atom. The van der Waals surface area contributed by atoms with Crippen LogP contribution in [0.4, 0.5) is 0 Å². The number of aryl methyl sites for hydroxylation is 1. The van der Waals surface area contributed by atoms with Crippen molar-refractivity contribution in [1.82, 2.24) is 25.4 Å². The smallest absolute Gasteiger partial charge is 0.192 e. The third-order valence-corrected chi connectivity index (χ3v) is 4.99. The summed E-state index contributed by atoms with van der Waals surface area (Å²) in [5.74, 6) is 4.01. The molecule has 0 radical (unpaired) electrons. The van der Waals surface area contributed by atoms with Crippen LogP contribution < -0.4 is 15.4 Å². The van der Waals surface area contributed by atoms with Gasteiger partial charge in [0.1, 0.15) is 18.1 Å². The van der Waals surface area contributed by atoms with Gasteiger partial charge in [0.25, 0.3) is 0 Å². The van der Waals surface area contributed by atoms with Crippen LogP contribution in [0.3, 0.4) is 0 Å². The second-order valence-electron chi connectivity index (χ2n) is 7.29. The van der Waals surface area contributed by atoms with E-state index in [-0.39, 0.29) is 30.0 Å². The van der Waals surface area contributed by atoms with Crippen molar-refractivity contribution in [1.29, 1.82) is 0 Å². The summed E-state index contributed by atoms with van der Waals surface area (Å²) >= 11 is 0. The molecule has 2 N–H and O–H groups in total. The summed E-state index contributed by atoms with van der Waals surface area (Å²) in [7, 11) is 1.95. The summed E-state index contributed by atoms with van der Waals surface area (Å²) in [5.41, 5.74) is 0.773. The third kappa shape index (κ3) is 6.34. The molecule has 0 fully saturated rings. The van der Waals surface area contributed by atoms with E-state index in [0.29, 0.717) is 13.2 Å². The number of aliphatic imine (C=N–C) groups is 1. The summed E-state index contributed by atoms with van der Waals surface area (Å²) in [5, 5.41) is 16.2. The van der Waals surface area contributed by atoms with Gasteiger partial charge in [-0.3, -0.25) is 0 Å². The van der Waals surface area contributed by atoms with Gasteiger partial charge >= 0.3 is 0 Å². The number of aromatic nitrogens is 3. The molecule has 0 spiro atoms. The monoisotopic (exact) mass is 540 g/mol. The van der Waals surface area contributed by atoms with E-state index in [9.17, 15) is 0 Å². The van der Waals surface area contributed by atoms with Crippen LogP contribution in [-0.2, 0) is 13.6 Å². The number of guanidine groups is 1. The number of ether oxygens (including phenoxy) is 1. The summed E-state index contributed by atoms with van der Waals surface area (Å²) < 4.78 is 13.8. The van der Waals surface area contributed by atoms with E-state index in [0.717, 1.165) is 59.5 Å². The minimum absolute atomic E-state index is 0. The lowest BCUT2D eigenvalue weighted by Crippen LogP contribution is -2.39. The van der Waals surface area contributed by atoms with Crippen molar-refractivity contribution in [2.24, 2.45) is 12.0 Å². The van der Waals surface area contributed by atoms with Gasteiger partial charge in [0.05, 0.1) is 12.6 Å². The molecular weight excluding hydrogens is 507 g/mol. The molecule has 31 heavy (non-hydrogen) atoms.